The van der Waals surface area contributed by atoms with E-state index < -0.39 is 5.60 Å². The van der Waals surface area contributed by atoms with Gasteiger partial charge in [0.25, 0.3) is 0 Å². The zero-order valence-electron chi connectivity index (χ0n) is 20.0. The predicted molar refractivity (Wildman–Crippen MR) is 129 cm³/mol. The Labute approximate surface area is 200 Å². The molecule has 3 atom stereocenters. The molecule has 34 heavy (non-hydrogen) atoms. The molecular formula is C27H33NO6. The van der Waals surface area contributed by atoms with E-state index in [1.807, 2.05) is 23.1 Å². The zero-order valence-corrected chi connectivity index (χ0v) is 20.0. The van der Waals surface area contributed by atoms with Gasteiger partial charge in [-0.25, -0.2) is 0 Å². The van der Waals surface area contributed by atoms with Crippen LogP contribution in [0.3, 0.4) is 0 Å². The third-order valence-electron chi connectivity index (χ3n) is 7.22. The van der Waals surface area contributed by atoms with Crippen LogP contribution >= 0.6 is 0 Å². The van der Waals surface area contributed by atoms with Crippen LogP contribution in [-0.2, 0) is 4.79 Å². The second-order valence-corrected chi connectivity index (χ2v) is 9.06. The number of hydrogen-bond acceptors (Lipinski definition) is 6. The van der Waals surface area contributed by atoms with E-state index in [0.29, 0.717) is 30.2 Å². The van der Waals surface area contributed by atoms with Gasteiger partial charge in [-0.05, 0) is 60.7 Å². The number of likely N-dealkylation sites (tertiary alicyclic amines) is 1. The fraction of sp³-hybridized carbons (Fsp3) is 0.444. The minimum absolute atomic E-state index is 0.0483. The number of fused-ring (bicyclic) bond motifs is 1. The van der Waals surface area contributed by atoms with E-state index in [-0.39, 0.29) is 23.6 Å². The topological polar surface area (TPSA) is 88.5 Å². The van der Waals surface area contributed by atoms with Crippen LogP contribution in [0, 0.1) is 5.92 Å². The van der Waals surface area contributed by atoms with Crippen LogP contribution in [-0.4, -0.2) is 54.5 Å². The van der Waals surface area contributed by atoms with Gasteiger partial charge in [0.15, 0.2) is 23.0 Å². The fourth-order valence-corrected chi connectivity index (χ4v) is 5.44. The molecule has 2 aliphatic rings. The molecule has 7 heteroatoms. The highest BCUT2D eigenvalue weighted by Crippen LogP contribution is 2.50. The van der Waals surface area contributed by atoms with Crippen molar-refractivity contribution in [3.8, 4) is 23.0 Å². The number of phenolic OH excluding ortho intramolecular Hbond substituents is 1. The molecule has 2 fully saturated rings. The lowest BCUT2D eigenvalue weighted by Gasteiger charge is -2.52. The highest BCUT2D eigenvalue weighted by atomic mass is 16.5. The number of piperidine rings is 1. The van der Waals surface area contributed by atoms with E-state index in [4.69, 9.17) is 14.2 Å². The van der Waals surface area contributed by atoms with Crippen molar-refractivity contribution in [2.75, 3.05) is 27.9 Å². The molecular weight excluding hydrogens is 434 g/mol. The Morgan fingerprint density at radius 3 is 2.50 bits per heavy atom. The SMILES string of the molecule is COc1cc(C2C3CCCCC3(O)CCN2C(=O)C=Cc2ccc(OC)c(OC)c2)ccc1O. The van der Waals surface area contributed by atoms with Crippen LogP contribution < -0.4 is 14.2 Å². The molecule has 1 amide bonds. The molecule has 0 aromatic heterocycles. The summed E-state index contributed by atoms with van der Waals surface area (Å²) in [5.41, 5.74) is 0.880. The molecule has 1 saturated carbocycles. The Morgan fingerprint density at radius 1 is 1.00 bits per heavy atom. The highest BCUT2D eigenvalue weighted by Gasteiger charge is 2.50. The smallest absolute Gasteiger partial charge is 0.247 e. The Hall–Kier alpha value is -3.19. The molecule has 2 aromatic rings. The Morgan fingerprint density at radius 2 is 1.76 bits per heavy atom. The number of ether oxygens (including phenoxy) is 3. The number of amides is 1. The number of phenols is 1. The number of methoxy groups -OCH3 is 3. The average molecular weight is 468 g/mol. The standard InChI is InChI=1S/C27H33NO6/c1-32-22-11-7-18(16-24(22)34-3)8-12-25(30)28-15-14-27(31)13-5-4-6-20(27)26(28)19-9-10-21(29)23(17-19)33-2/h7-12,16-17,20,26,29,31H,4-6,13-15H2,1-3H3. The maximum Gasteiger partial charge on any atom is 0.247 e. The summed E-state index contributed by atoms with van der Waals surface area (Å²) in [5.74, 6) is 1.42. The Balaban J connectivity index is 1.66. The van der Waals surface area contributed by atoms with Crippen molar-refractivity contribution < 1.29 is 29.2 Å². The third kappa shape index (κ3) is 4.57. The van der Waals surface area contributed by atoms with Gasteiger partial charge in [0.2, 0.25) is 5.91 Å². The van der Waals surface area contributed by atoms with Gasteiger partial charge in [-0.2, -0.15) is 0 Å². The Bertz CT molecular complexity index is 1070. The quantitative estimate of drug-likeness (QED) is 0.615. The number of rotatable bonds is 6. The first-order chi connectivity index (χ1) is 16.4. The van der Waals surface area contributed by atoms with Crippen molar-refractivity contribution in [3.63, 3.8) is 0 Å². The molecule has 182 valence electrons. The van der Waals surface area contributed by atoms with Crippen LogP contribution in [0.2, 0.25) is 0 Å². The van der Waals surface area contributed by atoms with Crippen LogP contribution in [0.5, 0.6) is 23.0 Å². The Kier molecular flexibility index (Phi) is 7.03. The summed E-state index contributed by atoms with van der Waals surface area (Å²) in [4.78, 5) is 15.3. The first-order valence-corrected chi connectivity index (χ1v) is 11.7. The van der Waals surface area contributed by atoms with Crippen LogP contribution in [0.1, 0.15) is 49.3 Å². The number of aliphatic hydroxyl groups is 1. The van der Waals surface area contributed by atoms with Crippen molar-refractivity contribution in [2.45, 2.75) is 43.7 Å². The molecule has 2 aromatic carbocycles. The molecule has 1 heterocycles. The van der Waals surface area contributed by atoms with Gasteiger partial charge in [0.05, 0.1) is 33.0 Å². The van der Waals surface area contributed by atoms with Crippen molar-refractivity contribution in [1.82, 2.24) is 4.90 Å². The van der Waals surface area contributed by atoms with Crippen LogP contribution in [0.4, 0.5) is 0 Å². The lowest BCUT2D eigenvalue weighted by atomic mass is 9.66. The third-order valence-corrected chi connectivity index (χ3v) is 7.22. The molecule has 0 radical (unpaired) electrons. The molecule has 2 N–H and O–H groups in total. The summed E-state index contributed by atoms with van der Waals surface area (Å²) in [6, 6.07) is 10.4. The summed E-state index contributed by atoms with van der Waals surface area (Å²) >= 11 is 0. The van der Waals surface area contributed by atoms with Crippen LogP contribution in [0.15, 0.2) is 42.5 Å². The van der Waals surface area contributed by atoms with Crippen molar-refractivity contribution in [1.29, 1.82) is 0 Å². The molecule has 1 aliphatic carbocycles. The summed E-state index contributed by atoms with van der Waals surface area (Å²) in [5, 5.41) is 21.6. The first-order valence-electron chi connectivity index (χ1n) is 11.7. The number of hydrogen-bond donors (Lipinski definition) is 2. The molecule has 1 saturated heterocycles. The lowest BCUT2D eigenvalue weighted by molar-refractivity contribution is -0.150. The van der Waals surface area contributed by atoms with Gasteiger partial charge < -0.3 is 29.3 Å². The molecule has 0 bridgehead atoms. The molecule has 4 rings (SSSR count). The number of benzene rings is 2. The number of carbonyl (C=O) groups is 1. The second-order valence-electron chi connectivity index (χ2n) is 9.06. The summed E-state index contributed by atoms with van der Waals surface area (Å²) < 4.78 is 16.0. The second kappa shape index (κ2) is 9.97. The van der Waals surface area contributed by atoms with E-state index in [1.54, 1.807) is 44.6 Å². The largest absolute Gasteiger partial charge is 0.504 e. The molecule has 3 unspecified atom stereocenters. The van der Waals surface area contributed by atoms with Gasteiger partial charge >= 0.3 is 0 Å². The first kappa shape index (κ1) is 24.0. The lowest BCUT2D eigenvalue weighted by Crippen LogP contribution is -2.56. The summed E-state index contributed by atoms with van der Waals surface area (Å²) in [6.07, 6.45) is 7.48. The van der Waals surface area contributed by atoms with Gasteiger partial charge in [-0.15, -0.1) is 0 Å². The van der Waals surface area contributed by atoms with Crippen molar-refractivity contribution >= 4 is 12.0 Å². The summed E-state index contributed by atoms with van der Waals surface area (Å²) in [6.45, 7) is 0.454. The minimum Gasteiger partial charge on any atom is -0.504 e. The number of carbonyl (C=O) groups excluding carboxylic acids is 1. The van der Waals surface area contributed by atoms with E-state index in [0.717, 1.165) is 36.8 Å². The number of nitrogens with zero attached hydrogens (tertiary/aromatic N) is 1. The van der Waals surface area contributed by atoms with Crippen molar-refractivity contribution in [2.24, 2.45) is 5.92 Å². The monoisotopic (exact) mass is 467 g/mol. The molecule has 1 aliphatic heterocycles. The van der Waals surface area contributed by atoms with Gasteiger partial charge in [-0.1, -0.05) is 25.0 Å². The van der Waals surface area contributed by atoms with E-state index in [1.165, 1.54) is 7.11 Å². The maximum absolute atomic E-state index is 13.5. The molecule has 0 spiro atoms. The predicted octanol–water partition coefficient (Wildman–Crippen LogP) is 4.33. The van der Waals surface area contributed by atoms with Gasteiger partial charge in [-0.3, -0.25) is 4.79 Å². The fourth-order valence-electron chi connectivity index (χ4n) is 5.44. The number of aromatic hydroxyl groups is 1. The average Bonchev–Trinajstić information content (AvgIpc) is 2.86. The van der Waals surface area contributed by atoms with Gasteiger partial charge in [0, 0.05) is 18.5 Å². The minimum atomic E-state index is -0.794. The maximum atomic E-state index is 13.5. The van der Waals surface area contributed by atoms with Gasteiger partial charge in [0.1, 0.15) is 0 Å². The van der Waals surface area contributed by atoms with E-state index in [2.05, 4.69) is 0 Å². The van der Waals surface area contributed by atoms with E-state index >= 15 is 0 Å². The van der Waals surface area contributed by atoms with Crippen molar-refractivity contribution in [3.05, 3.63) is 53.6 Å². The van der Waals surface area contributed by atoms with E-state index in [9.17, 15) is 15.0 Å². The summed E-state index contributed by atoms with van der Waals surface area (Å²) in [7, 11) is 4.66. The normalized spacial score (nSPS) is 24.5. The van der Waals surface area contributed by atoms with Crippen LogP contribution in [0.25, 0.3) is 6.08 Å². The zero-order chi connectivity index (χ0) is 24.3. The molecule has 7 nitrogen and oxygen atoms in total. The highest BCUT2D eigenvalue weighted by molar-refractivity contribution is 5.92.